The molecule has 0 aliphatic carbocycles. The summed E-state index contributed by atoms with van der Waals surface area (Å²) in [6.07, 6.45) is 1.66. The Kier molecular flexibility index (Phi) is 3.44. The molecule has 1 aromatic heterocycles. The van der Waals surface area contributed by atoms with E-state index >= 15 is 0 Å². The molecule has 2 rings (SSSR count). The number of rotatable bonds is 3. The molecule has 0 saturated carbocycles. The summed E-state index contributed by atoms with van der Waals surface area (Å²) in [5, 5.41) is 9.00. The van der Waals surface area contributed by atoms with Crippen molar-refractivity contribution in [2.24, 2.45) is 0 Å². The molecule has 2 aromatic rings. The summed E-state index contributed by atoms with van der Waals surface area (Å²) in [6, 6.07) is 11.1. The van der Waals surface area contributed by atoms with Crippen LogP contribution in [0.1, 0.15) is 5.56 Å². The van der Waals surface area contributed by atoms with Crippen LogP contribution in [0.5, 0.6) is 11.6 Å². The van der Waals surface area contributed by atoms with Crippen molar-refractivity contribution in [3.8, 4) is 28.8 Å². The molecule has 0 fully saturated rings. The van der Waals surface area contributed by atoms with Gasteiger partial charge in [-0.3, -0.25) is 0 Å². The van der Waals surface area contributed by atoms with Gasteiger partial charge in [-0.2, -0.15) is 5.26 Å². The van der Waals surface area contributed by atoms with E-state index in [1.807, 2.05) is 18.2 Å². The highest BCUT2D eigenvalue weighted by Gasteiger charge is 2.09. The second-order valence-electron chi connectivity index (χ2n) is 3.62. The minimum atomic E-state index is 0.523. The fourth-order valence-electron chi connectivity index (χ4n) is 1.71. The van der Waals surface area contributed by atoms with Crippen LogP contribution < -0.4 is 9.47 Å². The fraction of sp³-hybridized carbons (Fsp3) is 0.143. The molecular formula is C14H12N2O2. The Morgan fingerprint density at radius 3 is 2.67 bits per heavy atom. The van der Waals surface area contributed by atoms with E-state index in [4.69, 9.17) is 14.7 Å². The zero-order valence-electron chi connectivity index (χ0n) is 10.2. The first kappa shape index (κ1) is 11.9. The van der Waals surface area contributed by atoms with E-state index < -0.39 is 0 Å². The number of methoxy groups -OCH3 is 2. The lowest BCUT2D eigenvalue weighted by Crippen LogP contribution is -1.92. The Balaban J connectivity index is 2.60. The molecule has 0 aliphatic rings. The molecule has 0 atom stereocenters. The largest absolute Gasteiger partial charge is 0.497 e. The van der Waals surface area contributed by atoms with Gasteiger partial charge < -0.3 is 9.47 Å². The average molecular weight is 240 g/mol. The maximum absolute atomic E-state index is 9.00. The van der Waals surface area contributed by atoms with Gasteiger partial charge in [-0.05, 0) is 35.9 Å². The van der Waals surface area contributed by atoms with Crippen LogP contribution in [0.4, 0.5) is 0 Å². The first-order chi connectivity index (χ1) is 8.78. The lowest BCUT2D eigenvalue weighted by molar-refractivity contribution is 0.399. The maximum atomic E-state index is 9.00. The Hall–Kier alpha value is -2.54. The fourth-order valence-corrected chi connectivity index (χ4v) is 1.71. The van der Waals surface area contributed by atoms with Gasteiger partial charge in [0.2, 0.25) is 5.88 Å². The van der Waals surface area contributed by atoms with Crippen molar-refractivity contribution < 1.29 is 9.47 Å². The molecule has 0 bridgehead atoms. The smallest absolute Gasteiger partial charge is 0.221 e. The number of pyridine rings is 1. The van der Waals surface area contributed by atoms with E-state index in [1.54, 1.807) is 32.5 Å². The van der Waals surface area contributed by atoms with E-state index in [0.29, 0.717) is 17.2 Å². The van der Waals surface area contributed by atoms with Crippen molar-refractivity contribution in [1.82, 2.24) is 4.98 Å². The highest BCUT2D eigenvalue weighted by molar-refractivity contribution is 5.71. The molecule has 0 radical (unpaired) electrons. The summed E-state index contributed by atoms with van der Waals surface area (Å²) in [4.78, 5) is 4.14. The lowest BCUT2D eigenvalue weighted by Gasteiger charge is -2.09. The molecular weight excluding hydrogens is 228 g/mol. The third-order valence-corrected chi connectivity index (χ3v) is 2.55. The molecule has 4 nitrogen and oxygen atoms in total. The van der Waals surface area contributed by atoms with Crippen molar-refractivity contribution in [1.29, 1.82) is 5.26 Å². The minimum absolute atomic E-state index is 0.523. The summed E-state index contributed by atoms with van der Waals surface area (Å²) in [7, 11) is 3.14. The van der Waals surface area contributed by atoms with Crippen molar-refractivity contribution in [2.75, 3.05) is 14.2 Å². The van der Waals surface area contributed by atoms with Crippen molar-refractivity contribution in [2.45, 2.75) is 0 Å². The van der Waals surface area contributed by atoms with Gasteiger partial charge in [0.1, 0.15) is 5.75 Å². The number of nitriles is 1. The van der Waals surface area contributed by atoms with Crippen LogP contribution in [0, 0.1) is 11.3 Å². The monoisotopic (exact) mass is 240 g/mol. The van der Waals surface area contributed by atoms with Crippen LogP contribution in [-0.2, 0) is 0 Å². The zero-order chi connectivity index (χ0) is 13.0. The SMILES string of the molecule is COc1cc(C#N)cc(-c2cccnc2OC)c1. The molecule has 0 amide bonds. The third kappa shape index (κ3) is 2.25. The number of benzene rings is 1. The van der Waals surface area contributed by atoms with Crippen molar-refractivity contribution in [3.63, 3.8) is 0 Å². The standard InChI is InChI=1S/C14H12N2O2/c1-17-12-7-10(9-15)6-11(8-12)13-4-3-5-16-14(13)18-2/h3-8H,1-2H3. The Bertz CT molecular complexity index is 603. The first-order valence-corrected chi connectivity index (χ1v) is 5.37. The van der Waals surface area contributed by atoms with Crippen LogP contribution in [0.2, 0.25) is 0 Å². The third-order valence-electron chi connectivity index (χ3n) is 2.55. The van der Waals surface area contributed by atoms with E-state index in [9.17, 15) is 0 Å². The number of hydrogen-bond acceptors (Lipinski definition) is 4. The van der Waals surface area contributed by atoms with Gasteiger partial charge in [-0.1, -0.05) is 0 Å². The summed E-state index contributed by atoms with van der Waals surface area (Å²) >= 11 is 0. The predicted octanol–water partition coefficient (Wildman–Crippen LogP) is 2.64. The second kappa shape index (κ2) is 5.19. The lowest BCUT2D eigenvalue weighted by atomic mass is 10.0. The van der Waals surface area contributed by atoms with Gasteiger partial charge in [0.25, 0.3) is 0 Å². The number of aromatic nitrogens is 1. The van der Waals surface area contributed by atoms with E-state index in [0.717, 1.165) is 11.1 Å². The maximum Gasteiger partial charge on any atom is 0.221 e. The van der Waals surface area contributed by atoms with Crippen LogP contribution in [0.25, 0.3) is 11.1 Å². The van der Waals surface area contributed by atoms with E-state index in [-0.39, 0.29) is 0 Å². The van der Waals surface area contributed by atoms with Gasteiger partial charge >= 0.3 is 0 Å². The zero-order valence-corrected chi connectivity index (χ0v) is 10.2. The van der Waals surface area contributed by atoms with Gasteiger partial charge in [0, 0.05) is 11.8 Å². The van der Waals surface area contributed by atoms with Gasteiger partial charge in [-0.25, -0.2) is 4.98 Å². The number of ether oxygens (including phenoxy) is 2. The van der Waals surface area contributed by atoms with Gasteiger partial charge in [0.05, 0.1) is 25.9 Å². The highest BCUT2D eigenvalue weighted by Crippen LogP contribution is 2.31. The van der Waals surface area contributed by atoms with Crippen LogP contribution >= 0.6 is 0 Å². The first-order valence-electron chi connectivity index (χ1n) is 5.37. The van der Waals surface area contributed by atoms with Gasteiger partial charge in [-0.15, -0.1) is 0 Å². The van der Waals surface area contributed by atoms with Crippen LogP contribution in [-0.4, -0.2) is 19.2 Å². The van der Waals surface area contributed by atoms with Crippen molar-refractivity contribution in [3.05, 3.63) is 42.1 Å². The molecule has 0 unspecified atom stereocenters. The molecule has 18 heavy (non-hydrogen) atoms. The topological polar surface area (TPSA) is 55.1 Å². The normalized spacial score (nSPS) is 9.61. The van der Waals surface area contributed by atoms with Crippen LogP contribution in [0.3, 0.4) is 0 Å². The summed E-state index contributed by atoms with van der Waals surface area (Å²) in [5.74, 6) is 1.16. The molecule has 1 aromatic carbocycles. The Morgan fingerprint density at radius 1 is 1.17 bits per heavy atom. The Labute approximate surface area is 105 Å². The van der Waals surface area contributed by atoms with Crippen LogP contribution in [0.15, 0.2) is 36.5 Å². The number of hydrogen-bond donors (Lipinski definition) is 0. The minimum Gasteiger partial charge on any atom is -0.497 e. The Morgan fingerprint density at radius 2 is 2.00 bits per heavy atom. The molecule has 90 valence electrons. The van der Waals surface area contributed by atoms with E-state index in [1.165, 1.54) is 0 Å². The summed E-state index contributed by atoms with van der Waals surface area (Å²) in [5.41, 5.74) is 2.21. The molecule has 0 saturated heterocycles. The molecule has 1 heterocycles. The summed E-state index contributed by atoms with van der Waals surface area (Å²) in [6.45, 7) is 0. The van der Waals surface area contributed by atoms with Gasteiger partial charge in [0.15, 0.2) is 0 Å². The summed E-state index contributed by atoms with van der Waals surface area (Å²) < 4.78 is 10.4. The quantitative estimate of drug-likeness (QED) is 0.827. The molecule has 4 heteroatoms. The second-order valence-corrected chi connectivity index (χ2v) is 3.62. The number of nitrogens with zero attached hydrogens (tertiary/aromatic N) is 2. The predicted molar refractivity (Wildman–Crippen MR) is 67.5 cm³/mol. The van der Waals surface area contributed by atoms with E-state index in [2.05, 4.69) is 11.1 Å². The molecule has 0 spiro atoms. The molecule has 0 aliphatic heterocycles. The molecule has 0 N–H and O–H groups in total. The van der Waals surface area contributed by atoms with Crippen molar-refractivity contribution >= 4 is 0 Å². The average Bonchev–Trinajstić information content (AvgIpc) is 2.46. The highest BCUT2D eigenvalue weighted by atomic mass is 16.5.